The average Bonchev–Trinajstić information content (AvgIpc) is 3.58. The molecule has 3 aromatic rings. The van der Waals surface area contributed by atoms with E-state index in [0.717, 1.165) is 31.5 Å². The van der Waals surface area contributed by atoms with E-state index >= 15 is 0 Å². The van der Waals surface area contributed by atoms with Gasteiger partial charge in [0.2, 0.25) is 23.8 Å². The minimum absolute atomic E-state index is 0.0779. The smallest absolute Gasteiger partial charge is 0.296 e. The predicted molar refractivity (Wildman–Crippen MR) is 138 cm³/mol. The van der Waals surface area contributed by atoms with E-state index in [1.165, 1.54) is 4.57 Å². The fraction of sp³-hybridized carbons (Fsp3) is 0.542. The maximum absolute atomic E-state index is 13.8. The number of nitrogens with zero attached hydrogens (tertiary/aromatic N) is 8. The first-order valence-corrected chi connectivity index (χ1v) is 12.7. The molecule has 13 heteroatoms. The van der Waals surface area contributed by atoms with Crippen molar-refractivity contribution in [2.75, 3.05) is 69.2 Å². The first-order valence-electron chi connectivity index (χ1n) is 12.2. The summed E-state index contributed by atoms with van der Waals surface area (Å²) in [7, 11) is 3.60. The number of rotatable bonds is 5. The van der Waals surface area contributed by atoms with Gasteiger partial charge in [-0.3, -0.25) is 9.36 Å². The van der Waals surface area contributed by atoms with Crippen molar-refractivity contribution >= 4 is 40.4 Å². The molecule has 4 heterocycles. The maximum atomic E-state index is 13.8. The van der Waals surface area contributed by atoms with Gasteiger partial charge >= 0.3 is 0 Å². The summed E-state index contributed by atoms with van der Waals surface area (Å²) >= 11 is 5.34. The molecule has 0 spiro atoms. The van der Waals surface area contributed by atoms with Gasteiger partial charge < -0.3 is 19.4 Å². The monoisotopic (exact) mass is 536 g/mol. The lowest BCUT2D eigenvalue weighted by Crippen LogP contribution is -2.38. The molecule has 10 nitrogen and oxygen atoms in total. The van der Waals surface area contributed by atoms with Gasteiger partial charge in [0.15, 0.2) is 5.82 Å². The van der Waals surface area contributed by atoms with E-state index in [9.17, 15) is 13.6 Å². The van der Waals surface area contributed by atoms with Crippen molar-refractivity contribution in [2.24, 2.45) is 0 Å². The Morgan fingerprint density at radius 3 is 2.35 bits per heavy atom. The highest BCUT2D eigenvalue weighted by Gasteiger charge is 2.25. The number of morpholine rings is 1. The zero-order chi connectivity index (χ0) is 26.5. The number of benzene rings is 1. The Kier molecular flexibility index (Phi) is 8.70. The van der Waals surface area contributed by atoms with E-state index < -0.39 is 6.43 Å². The number of alkyl halides is 3. The third kappa shape index (κ3) is 6.07. The molecule has 2 saturated heterocycles. The van der Waals surface area contributed by atoms with Crippen LogP contribution in [0.5, 0.6) is 0 Å². The number of ether oxygens (including phenoxy) is 1. The predicted octanol–water partition coefficient (Wildman–Crippen LogP) is 3.21. The van der Waals surface area contributed by atoms with Gasteiger partial charge in [-0.25, -0.2) is 13.8 Å². The molecule has 5 rings (SSSR count). The number of fused-ring (bicyclic) bond motifs is 1. The van der Waals surface area contributed by atoms with Crippen LogP contribution < -0.4 is 9.80 Å². The van der Waals surface area contributed by atoms with Gasteiger partial charge in [0.25, 0.3) is 6.43 Å². The molecule has 2 aliphatic heterocycles. The Balaban J connectivity index is 0.000000301. The molecular weight excluding hydrogens is 506 g/mol. The molecule has 0 bridgehead atoms. The first-order chi connectivity index (χ1) is 17.8. The van der Waals surface area contributed by atoms with Crippen molar-refractivity contribution in [3.8, 4) is 5.95 Å². The van der Waals surface area contributed by atoms with Crippen molar-refractivity contribution in [2.45, 2.75) is 26.2 Å². The van der Waals surface area contributed by atoms with Gasteiger partial charge in [-0.05, 0) is 31.4 Å². The summed E-state index contributed by atoms with van der Waals surface area (Å²) in [4.78, 5) is 33.9. The van der Waals surface area contributed by atoms with Crippen LogP contribution in [0.15, 0.2) is 18.2 Å². The quantitative estimate of drug-likeness (QED) is 0.459. The number of anilines is 2. The SMILES string of the molecule is Cc1cccc2c1nc(C(F)F)n2-c1nc(N(C)C)nc(N2CCOCC2)n1.O=C(CCl)N1CCCC1. The largest absolute Gasteiger partial charge is 0.378 e. The second kappa shape index (κ2) is 12.0. The van der Waals surface area contributed by atoms with Crippen LogP contribution in [0.1, 0.15) is 30.7 Å². The molecule has 2 aromatic heterocycles. The lowest BCUT2D eigenvalue weighted by molar-refractivity contribution is -0.127. The molecular formula is C24H31ClF2N8O2. The van der Waals surface area contributed by atoms with Gasteiger partial charge in [-0.2, -0.15) is 15.0 Å². The van der Waals surface area contributed by atoms with E-state index in [-0.39, 0.29) is 23.6 Å². The average molecular weight is 537 g/mol. The third-order valence-corrected chi connectivity index (χ3v) is 6.40. The van der Waals surface area contributed by atoms with Crippen LogP contribution in [0.3, 0.4) is 0 Å². The highest BCUT2D eigenvalue weighted by molar-refractivity contribution is 6.27. The van der Waals surface area contributed by atoms with Gasteiger partial charge in [0.05, 0.1) is 24.2 Å². The van der Waals surface area contributed by atoms with Gasteiger partial charge in [-0.1, -0.05) is 12.1 Å². The number of carbonyl (C=O) groups excluding carboxylic acids is 1. The number of carbonyl (C=O) groups is 1. The van der Waals surface area contributed by atoms with Gasteiger partial charge in [-0.15, -0.1) is 11.6 Å². The number of aromatic nitrogens is 5. The van der Waals surface area contributed by atoms with E-state index in [2.05, 4.69) is 19.9 Å². The van der Waals surface area contributed by atoms with E-state index in [0.29, 0.717) is 49.2 Å². The Morgan fingerprint density at radius 2 is 1.73 bits per heavy atom. The van der Waals surface area contributed by atoms with E-state index in [1.807, 2.05) is 28.9 Å². The molecule has 0 radical (unpaired) electrons. The van der Waals surface area contributed by atoms with Crippen LogP contribution in [-0.2, 0) is 9.53 Å². The van der Waals surface area contributed by atoms with Gasteiger partial charge in [0.1, 0.15) is 5.88 Å². The third-order valence-electron chi connectivity index (χ3n) is 6.18. The molecule has 1 aromatic carbocycles. The molecule has 1 amide bonds. The minimum Gasteiger partial charge on any atom is -0.378 e. The number of likely N-dealkylation sites (tertiary alicyclic amines) is 1. The Hall–Kier alpha value is -3.12. The molecule has 2 fully saturated rings. The van der Waals surface area contributed by atoms with Crippen LogP contribution in [-0.4, -0.2) is 94.7 Å². The number of amides is 1. The van der Waals surface area contributed by atoms with Crippen molar-refractivity contribution in [3.05, 3.63) is 29.6 Å². The standard InChI is InChI=1S/C18H21F2N7O.C6H10ClNO/c1-11-5-4-6-12-13(11)21-15(14(19)20)27(12)18-23-16(25(2)3)22-17(24-18)26-7-9-28-10-8-26;7-5-6(9)8-3-1-2-4-8/h4-6,14H,7-10H2,1-3H3;1-5H2. The van der Waals surface area contributed by atoms with E-state index in [4.69, 9.17) is 16.3 Å². The fourth-order valence-electron chi connectivity index (χ4n) is 4.21. The summed E-state index contributed by atoms with van der Waals surface area (Å²) in [5, 5.41) is 0. The topological polar surface area (TPSA) is 92.5 Å². The second-order valence-corrected chi connectivity index (χ2v) is 9.27. The normalized spacial score (nSPS) is 15.8. The first kappa shape index (κ1) is 26.9. The molecule has 37 heavy (non-hydrogen) atoms. The molecule has 0 N–H and O–H groups in total. The summed E-state index contributed by atoms with van der Waals surface area (Å²) in [6.45, 7) is 6.04. The second-order valence-electron chi connectivity index (χ2n) is 9.00. The number of para-hydroxylation sites is 1. The lowest BCUT2D eigenvalue weighted by atomic mass is 10.2. The highest BCUT2D eigenvalue weighted by atomic mass is 35.5. The summed E-state index contributed by atoms with van der Waals surface area (Å²) in [5.41, 5.74) is 1.87. The molecule has 0 saturated carbocycles. The van der Waals surface area contributed by atoms with Crippen LogP contribution in [0.2, 0.25) is 0 Å². The van der Waals surface area contributed by atoms with Crippen LogP contribution >= 0.6 is 11.6 Å². The molecule has 2 aliphatic rings. The Bertz CT molecular complexity index is 1230. The fourth-order valence-corrected chi connectivity index (χ4v) is 4.38. The number of hydrogen-bond donors (Lipinski definition) is 0. The molecule has 0 aliphatic carbocycles. The zero-order valence-corrected chi connectivity index (χ0v) is 22.0. The highest BCUT2D eigenvalue weighted by Crippen LogP contribution is 2.29. The number of halogens is 3. The Morgan fingerprint density at radius 1 is 1.05 bits per heavy atom. The van der Waals surface area contributed by atoms with Crippen molar-refractivity contribution < 1.29 is 18.3 Å². The summed E-state index contributed by atoms with van der Waals surface area (Å²) in [6.07, 6.45) is -0.483. The molecule has 0 unspecified atom stereocenters. The minimum atomic E-state index is -2.77. The number of aryl methyl sites for hydroxylation is 1. The number of imidazole rings is 1. The summed E-state index contributed by atoms with van der Waals surface area (Å²) in [5.74, 6) is 0.791. The van der Waals surface area contributed by atoms with Gasteiger partial charge in [0, 0.05) is 40.3 Å². The zero-order valence-electron chi connectivity index (χ0n) is 21.2. The molecule has 0 atom stereocenters. The molecule has 200 valence electrons. The number of hydrogen-bond acceptors (Lipinski definition) is 8. The van der Waals surface area contributed by atoms with Crippen molar-refractivity contribution in [1.29, 1.82) is 0 Å². The van der Waals surface area contributed by atoms with Crippen molar-refractivity contribution in [3.63, 3.8) is 0 Å². The van der Waals surface area contributed by atoms with Crippen LogP contribution in [0.4, 0.5) is 20.7 Å². The van der Waals surface area contributed by atoms with Crippen molar-refractivity contribution in [1.82, 2.24) is 29.4 Å². The lowest BCUT2D eigenvalue weighted by Gasteiger charge is -2.27. The summed E-state index contributed by atoms with van der Waals surface area (Å²) < 4.78 is 34.3. The van der Waals surface area contributed by atoms with E-state index in [1.54, 1.807) is 25.1 Å². The summed E-state index contributed by atoms with van der Waals surface area (Å²) in [6, 6.07) is 5.39. The van der Waals surface area contributed by atoms with Crippen LogP contribution in [0.25, 0.3) is 17.0 Å². The Labute approximate surface area is 219 Å². The van der Waals surface area contributed by atoms with Crippen LogP contribution in [0, 0.1) is 6.92 Å². The maximum Gasteiger partial charge on any atom is 0.296 e.